The molecule has 0 saturated carbocycles. The second kappa shape index (κ2) is 11.2. The molecular weight excluding hydrogens is 464 g/mol. The van der Waals surface area contributed by atoms with Crippen LogP contribution in [0.5, 0.6) is 0 Å². The summed E-state index contributed by atoms with van der Waals surface area (Å²) in [5.41, 5.74) is 6.15. The van der Waals surface area contributed by atoms with E-state index in [1.165, 1.54) is 33.8 Å². The number of nitrogens with one attached hydrogen (secondary N) is 2. The minimum absolute atomic E-state index is 0.0899. The van der Waals surface area contributed by atoms with Crippen LogP contribution in [0.3, 0.4) is 0 Å². The van der Waals surface area contributed by atoms with Crippen LogP contribution in [0.2, 0.25) is 0 Å². The number of anilines is 2. The van der Waals surface area contributed by atoms with Crippen molar-refractivity contribution in [3.63, 3.8) is 0 Å². The van der Waals surface area contributed by atoms with Gasteiger partial charge >= 0.3 is 0 Å². The zero-order valence-electron chi connectivity index (χ0n) is 19.1. The third-order valence-electron chi connectivity index (χ3n) is 5.25. The highest BCUT2D eigenvalue weighted by atomic mass is 32.1. The molecule has 0 radical (unpaired) electrons. The van der Waals surface area contributed by atoms with E-state index < -0.39 is 0 Å². The first-order chi connectivity index (χ1) is 16.5. The number of hydrogen-bond acceptors (Lipinski definition) is 6. The second-order valence-corrected chi connectivity index (χ2v) is 9.83. The average Bonchev–Trinajstić information content (AvgIpc) is 3.48. The summed E-state index contributed by atoms with van der Waals surface area (Å²) in [6.45, 7) is 4.09. The monoisotopic (exact) mass is 490 g/mol. The van der Waals surface area contributed by atoms with E-state index >= 15 is 0 Å². The lowest BCUT2D eigenvalue weighted by Crippen LogP contribution is -2.13. The molecule has 34 heavy (non-hydrogen) atoms. The van der Waals surface area contributed by atoms with E-state index in [2.05, 4.69) is 20.6 Å². The number of rotatable bonds is 9. The third-order valence-corrected chi connectivity index (χ3v) is 6.77. The van der Waals surface area contributed by atoms with Crippen molar-refractivity contribution < 1.29 is 9.59 Å². The molecule has 2 N–H and O–H groups in total. The molecule has 2 aromatic heterocycles. The maximum Gasteiger partial charge on any atom is 0.226 e. The van der Waals surface area contributed by atoms with Crippen LogP contribution in [0, 0.1) is 13.8 Å². The number of unbranched alkanes of at least 4 members (excludes halogenated alkanes) is 1. The first-order valence-electron chi connectivity index (χ1n) is 11.1. The Morgan fingerprint density at radius 2 is 1.06 bits per heavy atom. The van der Waals surface area contributed by atoms with Crippen molar-refractivity contribution in [3.8, 4) is 22.5 Å². The van der Waals surface area contributed by atoms with Crippen molar-refractivity contribution in [2.75, 3.05) is 10.6 Å². The van der Waals surface area contributed by atoms with Gasteiger partial charge in [0.05, 0.1) is 11.4 Å². The molecule has 4 rings (SSSR count). The predicted octanol–water partition coefficient (Wildman–Crippen LogP) is 6.69. The van der Waals surface area contributed by atoms with Gasteiger partial charge in [0.2, 0.25) is 11.8 Å². The summed E-state index contributed by atoms with van der Waals surface area (Å²) in [6, 6.07) is 16.3. The fraction of sp³-hybridized carbons (Fsp3) is 0.231. The first kappa shape index (κ1) is 23.8. The molecule has 0 spiro atoms. The summed E-state index contributed by atoms with van der Waals surface area (Å²) in [4.78, 5) is 33.5. The zero-order valence-corrected chi connectivity index (χ0v) is 20.8. The Morgan fingerprint density at radius 3 is 1.44 bits per heavy atom. The van der Waals surface area contributed by atoms with E-state index in [1.807, 2.05) is 73.1 Å². The lowest BCUT2D eigenvalue weighted by Gasteiger charge is -2.03. The number of carbonyl (C=O) groups excluding carboxylic acids is 2. The van der Waals surface area contributed by atoms with Crippen molar-refractivity contribution in [1.82, 2.24) is 9.97 Å². The molecule has 0 fully saturated rings. The lowest BCUT2D eigenvalue weighted by molar-refractivity contribution is -0.118. The van der Waals surface area contributed by atoms with Crippen molar-refractivity contribution in [2.24, 2.45) is 0 Å². The number of aromatic nitrogens is 2. The smallest absolute Gasteiger partial charge is 0.226 e. The van der Waals surface area contributed by atoms with Gasteiger partial charge in [0, 0.05) is 34.7 Å². The summed E-state index contributed by atoms with van der Waals surface area (Å²) in [5.74, 6) is -0.180. The summed E-state index contributed by atoms with van der Waals surface area (Å²) in [7, 11) is 0. The molecule has 174 valence electrons. The first-order valence-corrected chi connectivity index (χ1v) is 12.9. The van der Waals surface area contributed by atoms with Gasteiger partial charge in [-0.25, -0.2) is 9.97 Å². The molecular formula is C26H26N4O2S2. The topological polar surface area (TPSA) is 84.0 Å². The Kier molecular flexibility index (Phi) is 7.82. The number of nitrogens with zero attached hydrogens (tertiary/aromatic N) is 2. The number of aryl methyl sites for hydroxylation is 2. The second-order valence-electron chi connectivity index (χ2n) is 8.11. The minimum Gasteiger partial charge on any atom is -0.302 e. The van der Waals surface area contributed by atoms with E-state index in [0.29, 0.717) is 35.9 Å². The number of hydrogen-bond donors (Lipinski definition) is 2. The molecule has 0 aliphatic carbocycles. The van der Waals surface area contributed by atoms with E-state index in [4.69, 9.17) is 0 Å². The van der Waals surface area contributed by atoms with E-state index in [9.17, 15) is 9.59 Å². The minimum atomic E-state index is -0.0899. The van der Waals surface area contributed by atoms with Crippen molar-refractivity contribution in [2.45, 2.75) is 39.5 Å². The van der Waals surface area contributed by atoms with Crippen LogP contribution in [0.1, 0.15) is 36.8 Å². The number of thiazole rings is 2. The SMILES string of the molecule is Cc1ccc(-c2csc(NC(=O)CCCCC(=O)Nc3nc(-c4ccc(C)cc4)cs3)n2)cc1. The molecule has 0 atom stereocenters. The van der Waals surface area contributed by atoms with Gasteiger partial charge in [0.25, 0.3) is 0 Å². The Labute approximate surface area is 207 Å². The van der Waals surface area contributed by atoms with Gasteiger partial charge in [-0.05, 0) is 26.7 Å². The average molecular weight is 491 g/mol. The molecule has 6 nitrogen and oxygen atoms in total. The standard InChI is InChI=1S/C26H26N4O2S2/c1-17-7-11-19(12-8-17)21-15-33-25(27-21)29-23(31)5-3-4-6-24(32)30-26-28-22(16-34-26)20-13-9-18(2)10-14-20/h7-16H,3-6H2,1-2H3,(H,27,29,31)(H,28,30,32). The molecule has 0 bridgehead atoms. The molecule has 0 unspecified atom stereocenters. The van der Waals surface area contributed by atoms with Crippen LogP contribution in [-0.2, 0) is 9.59 Å². The van der Waals surface area contributed by atoms with Crippen LogP contribution in [-0.4, -0.2) is 21.8 Å². The van der Waals surface area contributed by atoms with Gasteiger partial charge in [-0.3, -0.25) is 9.59 Å². The summed E-state index contributed by atoms with van der Waals surface area (Å²) in [6.07, 6.45) is 1.95. The summed E-state index contributed by atoms with van der Waals surface area (Å²) >= 11 is 2.82. The molecule has 0 aliphatic rings. The van der Waals surface area contributed by atoms with Gasteiger partial charge < -0.3 is 10.6 Å². The lowest BCUT2D eigenvalue weighted by atomic mass is 10.1. The van der Waals surface area contributed by atoms with Crippen LogP contribution in [0.15, 0.2) is 59.3 Å². The normalized spacial score (nSPS) is 10.8. The molecule has 2 heterocycles. The molecule has 2 amide bonds. The Hall–Kier alpha value is -3.36. The Morgan fingerprint density at radius 1 is 0.676 bits per heavy atom. The van der Waals surface area contributed by atoms with Gasteiger partial charge in [-0.15, -0.1) is 22.7 Å². The molecule has 2 aromatic carbocycles. The number of benzene rings is 2. The quantitative estimate of drug-likeness (QED) is 0.256. The van der Waals surface area contributed by atoms with Crippen LogP contribution in [0.25, 0.3) is 22.5 Å². The van der Waals surface area contributed by atoms with E-state index in [1.54, 1.807) is 0 Å². The number of amides is 2. The Balaban J connectivity index is 1.17. The fourth-order valence-corrected chi connectivity index (χ4v) is 4.78. The highest BCUT2D eigenvalue weighted by Crippen LogP contribution is 2.26. The van der Waals surface area contributed by atoms with E-state index in [0.717, 1.165) is 22.5 Å². The van der Waals surface area contributed by atoms with Gasteiger partial charge in [-0.2, -0.15) is 0 Å². The van der Waals surface area contributed by atoms with Gasteiger partial charge in [0.1, 0.15) is 0 Å². The van der Waals surface area contributed by atoms with Crippen LogP contribution < -0.4 is 10.6 Å². The summed E-state index contributed by atoms with van der Waals surface area (Å²) < 4.78 is 0. The Bertz CT molecular complexity index is 1160. The van der Waals surface area contributed by atoms with Crippen LogP contribution in [0.4, 0.5) is 10.3 Å². The van der Waals surface area contributed by atoms with Crippen molar-refractivity contribution in [3.05, 3.63) is 70.4 Å². The van der Waals surface area contributed by atoms with Gasteiger partial charge in [0.15, 0.2) is 10.3 Å². The summed E-state index contributed by atoms with van der Waals surface area (Å²) in [5, 5.41) is 10.8. The molecule has 0 saturated heterocycles. The molecule has 8 heteroatoms. The largest absolute Gasteiger partial charge is 0.302 e. The van der Waals surface area contributed by atoms with Gasteiger partial charge in [-0.1, -0.05) is 59.7 Å². The fourth-order valence-electron chi connectivity index (χ4n) is 3.31. The maximum atomic E-state index is 12.2. The predicted molar refractivity (Wildman–Crippen MR) is 140 cm³/mol. The third kappa shape index (κ3) is 6.59. The van der Waals surface area contributed by atoms with Crippen molar-refractivity contribution in [1.29, 1.82) is 0 Å². The van der Waals surface area contributed by atoms with Crippen LogP contribution >= 0.6 is 22.7 Å². The molecule has 0 aliphatic heterocycles. The molecule has 4 aromatic rings. The highest BCUT2D eigenvalue weighted by Gasteiger charge is 2.10. The van der Waals surface area contributed by atoms with E-state index in [-0.39, 0.29) is 11.8 Å². The zero-order chi connectivity index (χ0) is 23.9. The highest BCUT2D eigenvalue weighted by molar-refractivity contribution is 7.14. The number of carbonyl (C=O) groups is 2. The maximum absolute atomic E-state index is 12.2. The van der Waals surface area contributed by atoms with Crippen molar-refractivity contribution >= 4 is 44.8 Å².